The molecule has 0 aromatic heterocycles. The molecule has 152 valence electrons. The third-order valence-electron chi connectivity index (χ3n) is 3.74. The van der Waals surface area contributed by atoms with E-state index < -0.39 is 13.2 Å². The molecule has 5 nitrogen and oxygen atoms in total. The number of guanidine groups is 1. The van der Waals surface area contributed by atoms with Crippen LogP contribution in [0.25, 0.3) is 0 Å². The zero-order valence-corrected chi connectivity index (χ0v) is 15.4. The second-order valence-electron chi connectivity index (χ2n) is 5.76. The Balaban J connectivity index is 2.00. The van der Waals surface area contributed by atoms with Gasteiger partial charge in [-0.2, -0.15) is 17.6 Å². The maximum Gasteiger partial charge on any atom is 0.387 e. The van der Waals surface area contributed by atoms with Gasteiger partial charge < -0.3 is 20.1 Å². The van der Waals surface area contributed by atoms with E-state index in [1.165, 1.54) is 19.2 Å². The Morgan fingerprint density at radius 1 is 0.893 bits per heavy atom. The summed E-state index contributed by atoms with van der Waals surface area (Å²) in [4.78, 5) is 4.04. The summed E-state index contributed by atoms with van der Waals surface area (Å²) in [5, 5.41) is 5.95. The fourth-order valence-corrected chi connectivity index (χ4v) is 2.50. The Kier molecular flexibility index (Phi) is 7.91. The molecule has 0 spiro atoms. The number of hydrogen-bond acceptors (Lipinski definition) is 3. The highest BCUT2D eigenvalue weighted by Crippen LogP contribution is 2.22. The minimum absolute atomic E-state index is 0.0618. The third-order valence-corrected chi connectivity index (χ3v) is 3.74. The zero-order chi connectivity index (χ0) is 20.5. The van der Waals surface area contributed by atoms with Gasteiger partial charge in [-0.1, -0.05) is 35.9 Å². The van der Waals surface area contributed by atoms with Crippen LogP contribution in [0.2, 0.25) is 0 Å². The first-order valence-electron chi connectivity index (χ1n) is 8.40. The molecular formula is C19H21F4N3O2. The molecule has 9 heteroatoms. The number of aliphatic imine (C=N–C) groups is 1. The summed E-state index contributed by atoms with van der Waals surface area (Å²) in [5.74, 6) is 0.488. The number of hydrogen-bond donors (Lipinski definition) is 2. The van der Waals surface area contributed by atoms with Crippen molar-refractivity contribution in [1.82, 2.24) is 10.6 Å². The monoisotopic (exact) mass is 399 g/mol. The van der Waals surface area contributed by atoms with E-state index >= 15 is 0 Å². The Hall–Kier alpha value is -2.97. The van der Waals surface area contributed by atoms with E-state index in [0.29, 0.717) is 17.1 Å². The zero-order valence-electron chi connectivity index (χ0n) is 15.4. The molecule has 0 radical (unpaired) electrons. The molecule has 0 fully saturated rings. The summed E-state index contributed by atoms with van der Waals surface area (Å²) >= 11 is 0. The Bertz CT molecular complexity index is 800. The summed E-state index contributed by atoms with van der Waals surface area (Å²) in [6, 6.07) is 11.3. The fraction of sp³-hybridized carbons (Fsp3) is 0.316. The number of rotatable bonds is 8. The first-order chi connectivity index (χ1) is 13.4. The summed E-state index contributed by atoms with van der Waals surface area (Å²) < 4.78 is 59.1. The second kappa shape index (κ2) is 10.4. The molecule has 0 aliphatic rings. The molecule has 0 saturated carbocycles. The van der Waals surface area contributed by atoms with E-state index in [9.17, 15) is 17.6 Å². The Morgan fingerprint density at radius 2 is 1.46 bits per heavy atom. The van der Waals surface area contributed by atoms with Crippen LogP contribution in [0.5, 0.6) is 11.5 Å². The standard InChI is InChI=1S/C19H21F4N3O2/c1-12-7-8-16(28-18(22)23)14(9-12)11-26-19(24-2)25-10-13-5-3-4-6-15(13)27-17(20)21/h3-9,17-18H,10-11H2,1-2H3,(H2,24,25,26). The molecule has 0 atom stereocenters. The lowest BCUT2D eigenvalue weighted by Gasteiger charge is -2.16. The van der Waals surface area contributed by atoms with Gasteiger partial charge >= 0.3 is 13.2 Å². The molecule has 0 heterocycles. The van der Waals surface area contributed by atoms with Crippen molar-refractivity contribution in [3.63, 3.8) is 0 Å². The summed E-state index contributed by atoms with van der Waals surface area (Å²) in [6.45, 7) is -3.66. The van der Waals surface area contributed by atoms with Crippen molar-refractivity contribution >= 4 is 5.96 Å². The number of para-hydroxylation sites is 1. The van der Waals surface area contributed by atoms with E-state index in [0.717, 1.165) is 5.56 Å². The van der Waals surface area contributed by atoms with Gasteiger partial charge in [0.2, 0.25) is 0 Å². The van der Waals surface area contributed by atoms with Crippen LogP contribution < -0.4 is 20.1 Å². The topological polar surface area (TPSA) is 54.9 Å². The number of alkyl halides is 4. The molecule has 0 aliphatic carbocycles. The molecule has 0 amide bonds. The smallest absolute Gasteiger partial charge is 0.387 e. The number of ether oxygens (including phenoxy) is 2. The number of benzene rings is 2. The van der Waals surface area contributed by atoms with Crippen LogP contribution in [0.1, 0.15) is 16.7 Å². The van der Waals surface area contributed by atoms with E-state index in [-0.39, 0.29) is 24.6 Å². The molecule has 0 saturated heterocycles. The largest absolute Gasteiger partial charge is 0.434 e. The quantitative estimate of drug-likeness (QED) is 0.399. The lowest BCUT2D eigenvalue weighted by atomic mass is 10.1. The van der Waals surface area contributed by atoms with Crippen molar-refractivity contribution in [2.75, 3.05) is 7.05 Å². The highest BCUT2D eigenvalue weighted by molar-refractivity contribution is 5.79. The van der Waals surface area contributed by atoms with Crippen molar-refractivity contribution in [2.45, 2.75) is 33.2 Å². The first kappa shape index (κ1) is 21.3. The van der Waals surface area contributed by atoms with Crippen LogP contribution in [-0.4, -0.2) is 26.2 Å². The van der Waals surface area contributed by atoms with Crippen LogP contribution in [0, 0.1) is 6.92 Å². The SMILES string of the molecule is CN=C(NCc1ccccc1OC(F)F)NCc1cc(C)ccc1OC(F)F. The molecule has 28 heavy (non-hydrogen) atoms. The van der Waals surface area contributed by atoms with E-state index in [2.05, 4.69) is 25.1 Å². The molecule has 0 aliphatic heterocycles. The van der Waals surface area contributed by atoms with Gasteiger partial charge in [0.1, 0.15) is 11.5 Å². The summed E-state index contributed by atoms with van der Waals surface area (Å²) in [7, 11) is 1.53. The lowest BCUT2D eigenvalue weighted by molar-refractivity contribution is -0.0511. The van der Waals surface area contributed by atoms with Gasteiger partial charge in [0.25, 0.3) is 0 Å². The minimum atomic E-state index is -2.93. The lowest BCUT2D eigenvalue weighted by Crippen LogP contribution is -2.36. The summed E-state index contributed by atoms with van der Waals surface area (Å²) in [5.41, 5.74) is 1.94. The average Bonchev–Trinajstić information content (AvgIpc) is 2.64. The van der Waals surface area contributed by atoms with Crippen LogP contribution in [0.3, 0.4) is 0 Å². The van der Waals surface area contributed by atoms with Crippen molar-refractivity contribution < 1.29 is 27.0 Å². The van der Waals surface area contributed by atoms with Gasteiger partial charge in [-0.15, -0.1) is 0 Å². The normalized spacial score (nSPS) is 11.6. The number of halogens is 4. The van der Waals surface area contributed by atoms with Crippen LogP contribution in [0.15, 0.2) is 47.5 Å². The molecule has 2 N–H and O–H groups in total. The van der Waals surface area contributed by atoms with Crippen LogP contribution in [-0.2, 0) is 13.1 Å². The van der Waals surface area contributed by atoms with Crippen molar-refractivity contribution in [1.29, 1.82) is 0 Å². The Morgan fingerprint density at radius 3 is 2.07 bits per heavy atom. The molecule has 2 aromatic carbocycles. The molecule has 2 rings (SSSR count). The summed E-state index contributed by atoms with van der Waals surface area (Å²) in [6.07, 6.45) is 0. The van der Waals surface area contributed by atoms with Crippen molar-refractivity contribution in [3.05, 3.63) is 59.2 Å². The highest BCUT2D eigenvalue weighted by Gasteiger charge is 2.12. The second-order valence-corrected chi connectivity index (χ2v) is 5.76. The molecule has 2 aromatic rings. The number of nitrogens with zero attached hydrogens (tertiary/aromatic N) is 1. The van der Waals surface area contributed by atoms with Gasteiger partial charge in [0, 0.05) is 31.3 Å². The van der Waals surface area contributed by atoms with Gasteiger partial charge in [-0.3, -0.25) is 4.99 Å². The van der Waals surface area contributed by atoms with Crippen LogP contribution in [0.4, 0.5) is 17.6 Å². The van der Waals surface area contributed by atoms with Gasteiger partial charge in [-0.25, -0.2) is 0 Å². The van der Waals surface area contributed by atoms with Gasteiger partial charge in [-0.05, 0) is 19.1 Å². The fourth-order valence-electron chi connectivity index (χ4n) is 2.50. The molecule has 0 unspecified atom stereocenters. The predicted molar refractivity (Wildman–Crippen MR) is 97.9 cm³/mol. The van der Waals surface area contributed by atoms with Gasteiger partial charge in [0.15, 0.2) is 5.96 Å². The van der Waals surface area contributed by atoms with E-state index in [1.54, 1.807) is 30.3 Å². The molecule has 0 bridgehead atoms. The van der Waals surface area contributed by atoms with Crippen LogP contribution >= 0.6 is 0 Å². The number of aryl methyl sites for hydroxylation is 1. The van der Waals surface area contributed by atoms with Crippen molar-refractivity contribution in [2.24, 2.45) is 4.99 Å². The van der Waals surface area contributed by atoms with E-state index in [4.69, 9.17) is 0 Å². The average molecular weight is 399 g/mol. The van der Waals surface area contributed by atoms with E-state index in [1.807, 2.05) is 6.92 Å². The maximum atomic E-state index is 12.6. The highest BCUT2D eigenvalue weighted by atomic mass is 19.3. The number of nitrogens with one attached hydrogen (secondary N) is 2. The minimum Gasteiger partial charge on any atom is -0.434 e. The maximum absolute atomic E-state index is 12.6. The Labute approximate surface area is 160 Å². The molecular weight excluding hydrogens is 378 g/mol. The van der Waals surface area contributed by atoms with Gasteiger partial charge in [0.05, 0.1) is 0 Å². The van der Waals surface area contributed by atoms with Crippen molar-refractivity contribution in [3.8, 4) is 11.5 Å². The predicted octanol–water partition coefficient (Wildman–Crippen LogP) is 4.06. The third kappa shape index (κ3) is 6.64. The first-order valence-corrected chi connectivity index (χ1v) is 8.40.